The summed E-state index contributed by atoms with van der Waals surface area (Å²) in [5.41, 5.74) is -1.25. The average molecular weight is 1370 g/mol. The molecule has 37 heteroatoms. The second-order valence-electron chi connectivity index (χ2n) is 22.1. The van der Waals surface area contributed by atoms with Gasteiger partial charge in [-0.25, -0.2) is 0 Å². The molecule has 3 aliphatic rings. The normalized spacial score (nSPS) is 20.0. The summed E-state index contributed by atoms with van der Waals surface area (Å²) in [6.07, 6.45) is -16.6. The third kappa shape index (κ3) is 11.2. The number of nitrogens with zero attached hydrogens (tertiary/aromatic N) is 2. The zero-order valence-electron chi connectivity index (χ0n) is 44.8. The molecular formula is C51H43ClF34N2. The summed E-state index contributed by atoms with van der Waals surface area (Å²) in [5.74, 6) is -116. The molecule has 0 saturated heterocycles. The third-order valence-corrected chi connectivity index (χ3v) is 15.4. The molecule has 0 saturated carbocycles. The molecule has 2 aliphatic carbocycles. The molecule has 2 atom stereocenters. The fourth-order valence-corrected chi connectivity index (χ4v) is 10.3. The first-order valence-electron chi connectivity index (χ1n) is 24.8. The van der Waals surface area contributed by atoms with Gasteiger partial charge in [0.1, 0.15) is 6.17 Å². The predicted octanol–water partition coefficient (Wildman–Crippen LogP) is 20.2. The maximum absolute atomic E-state index is 15.3. The highest BCUT2D eigenvalue weighted by Gasteiger charge is 2.97. The van der Waals surface area contributed by atoms with Crippen molar-refractivity contribution in [2.75, 3.05) is 9.80 Å². The largest absolute Gasteiger partial charge is 0.460 e. The van der Waals surface area contributed by atoms with Crippen LogP contribution in [-0.2, 0) is 19.3 Å². The summed E-state index contributed by atoms with van der Waals surface area (Å²) >= 11 is 6.93. The van der Waals surface area contributed by atoms with Gasteiger partial charge in [-0.2, -0.15) is 149 Å². The van der Waals surface area contributed by atoms with Crippen molar-refractivity contribution in [3.63, 3.8) is 0 Å². The molecule has 1 spiro atoms. The lowest BCUT2D eigenvalue weighted by molar-refractivity contribution is -0.461. The highest BCUT2D eigenvalue weighted by Crippen LogP contribution is 2.67. The van der Waals surface area contributed by atoms with E-state index in [4.69, 9.17) is 11.6 Å². The molecule has 1 heterocycles. The van der Waals surface area contributed by atoms with Crippen molar-refractivity contribution >= 4 is 23.0 Å². The molecule has 0 radical (unpaired) electrons. The maximum Gasteiger partial charge on any atom is 0.460 e. The number of anilines is 2. The van der Waals surface area contributed by atoms with Crippen molar-refractivity contribution in [1.29, 1.82) is 0 Å². The van der Waals surface area contributed by atoms with E-state index < -0.39 is 143 Å². The van der Waals surface area contributed by atoms with Gasteiger partial charge in [-0.15, -0.1) is 11.6 Å². The molecule has 5 rings (SSSR count). The summed E-state index contributed by atoms with van der Waals surface area (Å²) < 4.78 is 477. The molecular weight excluding hydrogens is 1320 g/mol. The SMILES string of the molecule is Cc1cc(CCC(F)(F)C(F)(F)C(F)(F)C(F)(F)C(F)(F)C(F)(F)C(F)(F)C(F)(F)F)cc(C)c1N1C=CN(c2c(C)cc(CCC(F)(F)C(F)(F)C(F)(F)C(F)(F)C(F)(F)C(F)(F)C(F)(F)C(F)(F)F)cc2CC2=CCC3(C=CC3)CC2)C1C(C)(C)Cl. The average Bonchev–Trinajstić information content (AvgIpc) is 3.78. The summed E-state index contributed by atoms with van der Waals surface area (Å²) in [6.45, 7) is 6.16. The Kier molecular flexibility index (Phi) is 18.4. The third-order valence-electron chi connectivity index (χ3n) is 15.2. The monoisotopic (exact) mass is 1360 g/mol. The van der Waals surface area contributed by atoms with E-state index in [0.29, 0.717) is 24.8 Å². The van der Waals surface area contributed by atoms with Crippen molar-refractivity contribution in [2.45, 2.75) is 199 Å². The van der Waals surface area contributed by atoms with Crippen molar-refractivity contribution in [1.82, 2.24) is 0 Å². The molecule has 88 heavy (non-hydrogen) atoms. The van der Waals surface area contributed by atoms with Gasteiger partial charge < -0.3 is 9.80 Å². The van der Waals surface area contributed by atoms with E-state index in [0.717, 1.165) is 38.1 Å². The Labute approximate surface area is 479 Å². The summed E-state index contributed by atoms with van der Waals surface area (Å²) in [6, 6.07) is 3.50. The smallest absolute Gasteiger partial charge is 0.323 e. The van der Waals surface area contributed by atoms with Crippen LogP contribution < -0.4 is 9.80 Å². The summed E-state index contributed by atoms with van der Waals surface area (Å²) in [5, 5.41) is 0. The zero-order valence-corrected chi connectivity index (χ0v) is 45.5. The quantitative estimate of drug-likeness (QED) is 0.0622. The molecule has 2 nitrogen and oxygen atoms in total. The van der Waals surface area contributed by atoms with Crippen molar-refractivity contribution in [3.05, 3.63) is 93.8 Å². The number of aryl methyl sites for hydroxylation is 5. The number of halogens is 35. The number of hydrogen-bond donors (Lipinski definition) is 0. The van der Waals surface area contributed by atoms with Gasteiger partial charge in [0.2, 0.25) is 0 Å². The van der Waals surface area contributed by atoms with Crippen molar-refractivity contribution < 1.29 is 149 Å². The van der Waals surface area contributed by atoms with Crippen LogP contribution in [0.2, 0.25) is 0 Å². The van der Waals surface area contributed by atoms with E-state index in [1.807, 2.05) is 12.2 Å². The van der Waals surface area contributed by atoms with Crippen LogP contribution in [0.1, 0.15) is 85.8 Å². The van der Waals surface area contributed by atoms with Gasteiger partial charge in [-0.05, 0) is 118 Å². The molecule has 0 N–H and O–H groups in total. The predicted molar refractivity (Wildman–Crippen MR) is 245 cm³/mol. The first kappa shape index (κ1) is 73.9. The van der Waals surface area contributed by atoms with E-state index in [1.165, 1.54) is 43.0 Å². The Morgan fingerprint density at radius 2 is 0.739 bits per heavy atom. The van der Waals surface area contributed by atoms with Gasteiger partial charge in [0.25, 0.3) is 0 Å². The maximum atomic E-state index is 15.3. The van der Waals surface area contributed by atoms with Crippen LogP contribution in [0.4, 0.5) is 161 Å². The molecule has 502 valence electrons. The highest BCUT2D eigenvalue weighted by molar-refractivity contribution is 6.24. The highest BCUT2D eigenvalue weighted by atomic mass is 35.5. The lowest BCUT2D eigenvalue weighted by atomic mass is 9.66. The second kappa shape index (κ2) is 21.9. The van der Waals surface area contributed by atoms with E-state index in [9.17, 15) is 132 Å². The van der Waals surface area contributed by atoms with Crippen molar-refractivity contribution in [3.8, 4) is 0 Å². The van der Waals surface area contributed by atoms with Gasteiger partial charge in [0.05, 0.1) is 4.87 Å². The summed E-state index contributed by atoms with van der Waals surface area (Å²) in [4.78, 5) is 1.03. The Morgan fingerprint density at radius 3 is 1.03 bits per heavy atom. The van der Waals surface area contributed by atoms with Crippen LogP contribution in [0.3, 0.4) is 0 Å². The van der Waals surface area contributed by atoms with Gasteiger partial charge in [-0.1, -0.05) is 48.1 Å². The molecule has 2 aromatic rings. The standard InChI is InChI=1S/C51H43ClF34N2/c1-24-19-28(9-15-36(53,54)38(57,58)40(61,62)42(65,66)44(69,70)46(73,74)48(77,78)50(81,82)83)20-25(2)31(24)87-17-18-88(33(87)34(4,5)52)32-26(3)21-29(23-30(32)22-27-7-13-35(14-8-27)11-6-12-35)10-16-37(55,56)39(59,60)41(63,64)43(67,68)45(71,72)47(75,76)49(79,80)51(84,85)86/h6-7,11,17-21,23,33H,8-10,12-16,22H2,1-5H3. The van der Waals surface area contributed by atoms with Crippen LogP contribution in [-0.4, -0.2) is 106 Å². The Balaban J connectivity index is 1.50. The first-order chi connectivity index (χ1) is 38.8. The number of benzene rings is 2. The van der Waals surface area contributed by atoms with Crippen LogP contribution in [0.5, 0.6) is 0 Å². The molecule has 0 amide bonds. The number of allylic oxidation sites excluding steroid dienone is 4. The molecule has 0 bridgehead atoms. The van der Waals surface area contributed by atoms with Crippen LogP contribution in [0, 0.1) is 26.2 Å². The van der Waals surface area contributed by atoms with Gasteiger partial charge >= 0.3 is 95.3 Å². The fourth-order valence-electron chi connectivity index (χ4n) is 10.1. The van der Waals surface area contributed by atoms with Crippen LogP contribution >= 0.6 is 11.6 Å². The first-order valence-corrected chi connectivity index (χ1v) is 25.2. The molecule has 0 fully saturated rings. The number of hydrogen-bond acceptors (Lipinski definition) is 2. The zero-order chi connectivity index (χ0) is 68.7. The summed E-state index contributed by atoms with van der Waals surface area (Å²) in [7, 11) is 0. The van der Waals surface area contributed by atoms with Crippen LogP contribution in [0.25, 0.3) is 0 Å². The minimum Gasteiger partial charge on any atom is -0.323 e. The molecule has 2 aromatic carbocycles. The molecule has 1 aliphatic heterocycles. The van der Waals surface area contributed by atoms with Gasteiger partial charge in [0.15, 0.2) is 0 Å². The molecule has 2 unspecified atom stereocenters. The Hall–Kier alpha value is -4.83. The fraction of sp³-hybridized carbons (Fsp3) is 0.647. The lowest BCUT2D eigenvalue weighted by Gasteiger charge is -2.43. The second-order valence-corrected chi connectivity index (χ2v) is 23.0. The van der Waals surface area contributed by atoms with Gasteiger partial charge in [-0.3, -0.25) is 0 Å². The van der Waals surface area contributed by atoms with Crippen LogP contribution in [0.15, 0.2) is 60.5 Å². The topological polar surface area (TPSA) is 6.48 Å². The number of alkyl halides is 35. The Bertz CT molecular complexity index is 2990. The van der Waals surface area contributed by atoms with E-state index in [2.05, 4.69) is 0 Å². The van der Waals surface area contributed by atoms with Crippen molar-refractivity contribution in [2.24, 2.45) is 5.41 Å². The van der Waals surface area contributed by atoms with E-state index >= 15 is 17.6 Å². The van der Waals surface area contributed by atoms with Gasteiger partial charge in [0, 0.05) is 36.6 Å². The minimum atomic E-state index is -8.85. The van der Waals surface area contributed by atoms with E-state index in [1.54, 1.807) is 6.08 Å². The Morgan fingerprint density at radius 1 is 0.432 bits per heavy atom. The van der Waals surface area contributed by atoms with E-state index in [-0.39, 0.29) is 51.9 Å². The number of rotatable bonds is 23. The minimum absolute atomic E-state index is 0.000266. The molecule has 0 aromatic heterocycles. The lowest BCUT2D eigenvalue weighted by Crippen LogP contribution is -2.74.